The van der Waals surface area contributed by atoms with E-state index in [-0.39, 0.29) is 18.1 Å². The maximum Gasteiger partial charge on any atom is 0.249 e. The Morgan fingerprint density at radius 2 is 2.05 bits per heavy atom. The van der Waals surface area contributed by atoms with Crippen LogP contribution in [0, 0.1) is 5.92 Å². The Balaban J connectivity index is 1.32. The van der Waals surface area contributed by atoms with Crippen LogP contribution in [0.15, 0.2) is 30.3 Å². The van der Waals surface area contributed by atoms with Gasteiger partial charge in [0, 0.05) is 19.1 Å². The van der Waals surface area contributed by atoms with Crippen LogP contribution in [-0.2, 0) is 16.1 Å². The standard InChI is InChI=1S/C18H24N2O2/c21-18(19-15-6-7-15)16-10-14-8-9-20(12-17(14)22-16)11-13-4-2-1-3-5-13/h1-5,14-17H,6-12H2,(H,19,21)/t14-,16+,17-/m0/s1. The molecule has 0 bridgehead atoms. The first-order chi connectivity index (χ1) is 10.8. The molecule has 2 saturated heterocycles. The second-order valence-electron chi connectivity index (χ2n) is 6.95. The minimum absolute atomic E-state index is 0.117. The highest BCUT2D eigenvalue weighted by molar-refractivity contribution is 5.81. The lowest BCUT2D eigenvalue weighted by molar-refractivity contribution is -0.133. The van der Waals surface area contributed by atoms with Crippen LogP contribution in [0.1, 0.15) is 31.2 Å². The van der Waals surface area contributed by atoms with Gasteiger partial charge in [0.15, 0.2) is 0 Å². The van der Waals surface area contributed by atoms with Gasteiger partial charge in [-0.3, -0.25) is 9.69 Å². The van der Waals surface area contributed by atoms with Crippen molar-refractivity contribution in [3.63, 3.8) is 0 Å². The van der Waals surface area contributed by atoms with E-state index in [1.165, 1.54) is 5.56 Å². The van der Waals surface area contributed by atoms with E-state index in [0.29, 0.717) is 12.0 Å². The molecular formula is C18H24N2O2. The number of piperidine rings is 1. The number of carbonyl (C=O) groups is 1. The van der Waals surface area contributed by atoms with Gasteiger partial charge < -0.3 is 10.1 Å². The van der Waals surface area contributed by atoms with Crippen molar-refractivity contribution in [1.29, 1.82) is 0 Å². The number of rotatable bonds is 4. The van der Waals surface area contributed by atoms with Gasteiger partial charge in [-0.1, -0.05) is 30.3 Å². The van der Waals surface area contributed by atoms with Crippen molar-refractivity contribution in [2.75, 3.05) is 13.1 Å². The minimum atomic E-state index is -0.215. The van der Waals surface area contributed by atoms with Crippen LogP contribution in [0.4, 0.5) is 0 Å². The molecule has 3 fully saturated rings. The molecule has 1 N–H and O–H groups in total. The summed E-state index contributed by atoms with van der Waals surface area (Å²) in [5.74, 6) is 0.675. The van der Waals surface area contributed by atoms with E-state index >= 15 is 0 Å². The normalized spacial score (nSPS) is 31.7. The van der Waals surface area contributed by atoms with Crippen molar-refractivity contribution in [3.8, 4) is 0 Å². The van der Waals surface area contributed by atoms with Crippen LogP contribution in [0.3, 0.4) is 0 Å². The van der Waals surface area contributed by atoms with Crippen molar-refractivity contribution >= 4 is 5.91 Å². The van der Waals surface area contributed by atoms with Gasteiger partial charge >= 0.3 is 0 Å². The third kappa shape index (κ3) is 3.18. The molecule has 3 atom stereocenters. The van der Waals surface area contributed by atoms with E-state index in [4.69, 9.17) is 4.74 Å². The second-order valence-corrected chi connectivity index (χ2v) is 6.95. The first kappa shape index (κ1) is 14.2. The van der Waals surface area contributed by atoms with Gasteiger partial charge in [0.2, 0.25) is 5.91 Å². The number of hydrogen-bond donors (Lipinski definition) is 1. The number of nitrogens with zero attached hydrogens (tertiary/aromatic N) is 1. The summed E-state index contributed by atoms with van der Waals surface area (Å²) >= 11 is 0. The summed E-state index contributed by atoms with van der Waals surface area (Å²) < 4.78 is 6.07. The third-order valence-corrected chi connectivity index (χ3v) is 5.10. The van der Waals surface area contributed by atoms with Crippen molar-refractivity contribution in [3.05, 3.63) is 35.9 Å². The number of fused-ring (bicyclic) bond motifs is 1. The number of nitrogens with one attached hydrogen (secondary N) is 1. The average molecular weight is 300 g/mol. The molecule has 2 aliphatic heterocycles. The summed E-state index contributed by atoms with van der Waals surface area (Å²) in [6.45, 7) is 3.04. The Kier molecular flexibility index (Phi) is 3.89. The smallest absolute Gasteiger partial charge is 0.249 e. The molecule has 2 heterocycles. The quantitative estimate of drug-likeness (QED) is 0.924. The van der Waals surface area contributed by atoms with Crippen LogP contribution in [0.2, 0.25) is 0 Å². The van der Waals surface area contributed by atoms with Crippen LogP contribution < -0.4 is 5.32 Å². The first-order valence-corrected chi connectivity index (χ1v) is 8.50. The highest BCUT2D eigenvalue weighted by atomic mass is 16.5. The van der Waals surface area contributed by atoms with Crippen molar-refractivity contribution < 1.29 is 9.53 Å². The monoisotopic (exact) mass is 300 g/mol. The SMILES string of the molecule is O=C(NC1CC1)[C@H]1C[C@@H]2CCN(Cc3ccccc3)C[C@@H]2O1. The molecule has 1 aromatic rings. The van der Waals surface area contributed by atoms with Crippen LogP contribution in [-0.4, -0.2) is 42.1 Å². The average Bonchev–Trinajstić information content (AvgIpc) is 3.24. The second kappa shape index (κ2) is 6.01. The summed E-state index contributed by atoms with van der Waals surface area (Å²) in [7, 11) is 0. The molecule has 1 aromatic carbocycles. The molecule has 4 nitrogen and oxygen atoms in total. The van der Waals surface area contributed by atoms with Crippen LogP contribution in [0.5, 0.6) is 0 Å². The zero-order valence-electron chi connectivity index (χ0n) is 12.9. The molecule has 3 aliphatic rings. The van der Waals surface area contributed by atoms with E-state index in [9.17, 15) is 4.79 Å². The van der Waals surface area contributed by atoms with Crippen LogP contribution >= 0.6 is 0 Å². The lowest BCUT2D eigenvalue weighted by atomic mass is 9.91. The van der Waals surface area contributed by atoms with Crippen molar-refractivity contribution in [2.45, 2.75) is 50.5 Å². The molecule has 4 heteroatoms. The topological polar surface area (TPSA) is 41.6 Å². The number of hydrogen-bond acceptors (Lipinski definition) is 3. The fourth-order valence-electron chi connectivity index (χ4n) is 3.67. The van der Waals surface area contributed by atoms with Gasteiger partial charge in [-0.15, -0.1) is 0 Å². The molecule has 22 heavy (non-hydrogen) atoms. The fraction of sp³-hybridized carbons (Fsp3) is 0.611. The maximum absolute atomic E-state index is 12.2. The number of carbonyl (C=O) groups excluding carboxylic acids is 1. The number of benzene rings is 1. The zero-order valence-corrected chi connectivity index (χ0v) is 12.9. The Labute approximate surface area is 131 Å². The molecule has 1 aliphatic carbocycles. The minimum Gasteiger partial charge on any atom is -0.364 e. The van der Waals surface area contributed by atoms with E-state index in [0.717, 1.165) is 45.3 Å². The van der Waals surface area contributed by atoms with E-state index in [1.807, 2.05) is 0 Å². The molecule has 0 aromatic heterocycles. The molecule has 118 valence electrons. The summed E-state index contributed by atoms with van der Waals surface area (Å²) in [4.78, 5) is 14.6. The Bertz CT molecular complexity index is 529. The Morgan fingerprint density at radius 1 is 1.23 bits per heavy atom. The Hall–Kier alpha value is -1.39. The van der Waals surface area contributed by atoms with Gasteiger partial charge in [0.25, 0.3) is 0 Å². The molecule has 4 rings (SSSR count). The van der Waals surface area contributed by atoms with Crippen LogP contribution in [0.25, 0.3) is 0 Å². The Morgan fingerprint density at radius 3 is 2.82 bits per heavy atom. The highest BCUT2D eigenvalue weighted by Gasteiger charge is 2.42. The van der Waals surface area contributed by atoms with Gasteiger partial charge in [-0.2, -0.15) is 0 Å². The van der Waals surface area contributed by atoms with Gasteiger partial charge in [-0.25, -0.2) is 0 Å². The van der Waals surface area contributed by atoms with E-state index in [2.05, 4.69) is 40.5 Å². The number of likely N-dealkylation sites (tertiary alicyclic amines) is 1. The van der Waals surface area contributed by atoms with E-state index in [1.54, 1.807) is 0 Å². The van der Waals surface area contributed by atoms with Gasteiger partial charge in [-0.05, 0) is 43.7 Å². The van der Waals surface area contributed by atoms with Gasteiger partial charge in [0.1, 0.15) is 6.10 Å². The third-order valence-electron chi connectivity index (χ3n) is 5.10. The van der Waals surface area contributed by atoms with Gasteiger partial charge in [0.05, 0.1) is 6.10 Å². The molecule has 0 spiro atoms. The highest BCUT2D eigenvalue weighted by Crippen LogP contribution is 2.34. The predicted octanol–water partition coefficient (Wildman–Crippen LogP) is 1.94. The lowest BCUT2D eigenvalue weighted by Gasteiger charge is -2.34. The molecule has 0 radical (unpaired) electrons. The van der Waals surface area contributed by atoms with Crippen molar-refractivity contribution in [1.82, 2.24) is 10.2 Å². The largest absolute Gasteiger partial charge is 0.364 e. The van der Waals surface area contributed by atoms with E-state index < -0.39 is 0 Å². The molecular weight excluding hydrogens is 276 g/mol. The summed E-state index contributed by atoms with van der Waals surface area (Å²) in [6, 6.07) is 11.0. The lowest BCUT2D eigenvalue weighted by Crippen LogP contribution is -2.42. The summed E-state index contributed by atoms with van der Waals surface area (Å²) in [5, 5.41) is 3.08. The molecule has 0 unspecified atom stereocenters. The number of ether oxygens (including phenoxy) is 1. The molecule has 1 amide bonds. The summed E-state index contributed by atoms with van der Waals surface area (Å²) in [5.41, 5.74) is 1.35. The maximum atomic E-state index is 12.2. The zero-order chi connectivity index (χ0) is 14.9. The van der Waals surface area contributed by atoms with Crippen molar-refractivity contribution in [2.24, 2.45) is 5.92 Å². The first-order valence-electron chi connectivity index (χ1n) is 8.50. The number of amides is 1. The molecule has 1 saturated carbocycles. The fourth-order valence-corrected chi connectivity index (χ4v) is 3.67. The summed E-state index contributed by atoms with van der Waals surface area (Å²) in [6.07, 6.45) is 4.33. The predicted molar refractivity (Wildman–Crippen MR) is 84.3 cm³/mol.